The standard InChI is InChI=1S/C26H38N8O6/c27-11-5-4-8-19(24(37)33-20(26(39)40)9-10-22(29)35)32-25(38)21(12-16-6-2-1-3-7-16)34-23(36)18(28)13-17-14-30-15-31-17/h1-3,6-7,14-15,18-21H,4-5,8-13,27-28H2,(H2,29,35)(H,30,31)(H,32,38)(H,33,37)(H,34,36)(H,39,40). The van der Waals surface area contributed by atoms with Gasteiger partial charge in [0, 0.05) is 31.2 Å². The molecule has 4 unspecified atom stereocenters. The van der Waals surface area contributed by atoms with E-state index in [1.165, 1.54) is 6.33 Å². The molecule has 4 amide bonds. The summed E-state index contributed by atoms with van der Waals surface area (Å²) in [4.78, 5) is 68.9. The predicted molar refractivity (Wildman–Crippen MR) is 145 cm³/mol. The Morgan fingerprint density at radius 3 is 2.12 bits per heavy atom. The summed E-state index contributed by atoms with van der Waals surface area (Å²) in [5, 5.41) is 17.2. The Hall–Kier alpha value is -4.30. The number of benzene rings is 1. The number of carbonyl (C=O) groups is 5. The zero-order valence-corrected chi connectivity index (χ0v) is 22.2. The molecule has 0 bridgehead atoms. The highest BCUT2D eigenvalue weighted by Crippen LogP contribution is 2.08. The molecule has 218 valence electrons. The van der Waals surface area contributed by atoms with Crippen molar-refractivity contribution in [3.63, 3.8) is 0 Å². The maximum Gasteiger partial charge on any atom is 0.326 e. The van der Waals surface area contributed by atoms with Crippen LogP contribution in [0, 0.1) is 0 Å². The summed E-state index contributed by atoms with van der Waals surface area (Å²) in [6, 6.07) is 4.41. The van der Waals surface area contributed by atoms with Crippen molar-refractivity contribution in [3.05, 3.63) is 54.1 Å². The van der Waals surface area contributed by atoms with Gasteiger partial charge in [0.25, 0.3) is 0 Å². The van der Waals surface area contributed by atoms with Crippen molar-refractivity contribution in [2.75, 3.05) is 6.54 Å². The van der Waals surface area contributed by atoms with Crippen LogP contribution >= 0.6 is 0 Å². The quantitative estimate of drug-likeness (QED) is 0.0985. The number of nitrogens with two attached hydrogens (primary N) is 3. The van der Waals surface area contributed by atoms with Gasteiger partial charge in [-0.1, -0.05) is 30.3 Å². The van der Waals surface area contributed by atoms with Crippen molar-refractivity contribution >= 4 is 29.6 Å². The average Bonchev–Trinajstić information content (AvgIpc) is 3.43. The molecule has 0 saturated heterocycles. The number of amides is 4. The maximum absolute atomic E-state index is 13.4. The van der Waals surface area contributed by atoms with Crippen LogP contribution in [0.25, 0.3) is 0 Å². The smallest absolute Gasteiger partial charge is 0.326 e. The molecule has 0 spiro atoms. The van der Waals surface area contributed by atoms with Gasteiger partial charge in [0.2, 0.25) is 23.6 Å². The zero-order valence-electron chi connectivity index (χ0n) is 22.2. The molecule has 14 heteroatoms. The lowest BCUT2D eigenvalue weighted by Crippen LogP contribution is -2.57. The van der Waals surface area contributed by atoms with E-state index in [4.69, 9.17) is 17.2 Å². The van der Waals surface area contributed by atoms with Gasteiger partial charge in [-0.25, -0.2) is 9.78 Å². The molecular weight excluding hydrogens is 520 g/mol. The predicted octanol–water partition coefficient (Wildman–Crippen LogP) is -1.54. The third-order valence-electron chi connectivity index (χ3n) is 6.12. The van der Waals surface area contributed by atoms with Gasteiger partial charge >= 0.3 is 5.97 Å². The number of aliphatic carboxylic acids is 1. The molecule has 0 aliphatic rings. The van der Waals surface area contributed by atoms with E-state index in [1.54, 1.807) is 30.5 Å². The van der Waals surface area contributed by atoms with Crippen LogP contribution in [0.4, 0.5) is 0 Å². The number of aromatic nitrogens is 2. The molecule has 4 atom stereocenters. The number of carboxylic acids is 1. The fraction of sp³-hybridized carbons (Fsp3) is 0.462. The van der Waals surface area contributed by atoms with Crippen LogP contribution in [0.15, 0.2) is 42.9 Å². The van der Waals surface area contributed by atoms with Crippen molar-refractivity contribution < 1.29 is 29.1 Å². The van der Waals surface area contributed by atoms with Crippen LogP contribution in [0.3, 0.4) is 0 Å². The fourth-order valence-electron chi connectivity index (χ4n) is 3.91. The van der Waals surface area contributed by atoms with E-state index in [0.717, 1.165) is 5.56 Å². The number of rotatable bonds is 18. The first-order valence-corrected chi connectivity index (χ1v) is 13.0. The summed E-state index contributed by atoms with van der Waals surface area (Å²) in [7, 11) is 0. The molecule has 1 aromatic heterocycles. The van der Waals surface area contributed by atoms with E-state index < -0.39 is 53.8 Å². The second kappa shape index (κ2) is 16.6. The number of carbonyl (C=O) groups excluding carboxylic acids is 4. The number of carboxylic acid groups (broad SMARTS) is 1. The highest BCUT2D eigenvalue weighted by atomic mass is 16.4. The molecule has 0 radical (unpaired) electrons. The third kappa shape index (κ3) is 11.2. The van der Waals surface area contributed by atoms with E-state index in [0.29, 0.717) is 25.1 Å². The van der Waals surface area contributed by atoms with Gasteiger partial charge in [-0.15, -0.1) is 0 Å². The van der Waals surface area contributed by atoms with E-state index in [2.05, 4.69) is 25.9 Å². The molecule has 0 saturated carbocycles. The molecule has 1 aromatic carbocycles. The van der Waals surface area contributed by atoms with Crippen molar-refractivity contribution in [2.24, 2.45) is 17.2 Å². The minimum absolute atomic E-state index is 0.114. The van der Waals surface area contributed by atoms with Crippen molar-refractivity contribution in [2.45, 2.75) is 69.1 Å². The average molecular weight is 559 g/mol. The maximum atomic E-state index is 13.4. The number of hydrogen-bond acceptors (Lipinski definition) is 8. The number of imidazole rings is 1. The number of aromatic amines is 1. The summed E-state index contributed by atoms with van der Waals surface area (Å²) >= 11 is 0. The lowest BCUT2D eigenvalue weighted by Gasteiger charge is -2.25. The van der Waals surface area contributed by atoms with Crippen molar-refractivity contribution in [1.82, 2.24) is 25.9 Å². The van der Waals surface area contributed by atoms with Gasteiger partial charge in [0.1, 0.15) is 18.1 Å². The minimum Gasteiger partial charge on any atom is -0.480 e. The first-order valence-electron chi connectivity index (χ1n) is 13.0. The van der Waals surface area contributed by atoms with Crippen LogP contribution in [0.1, 0.15) is 43.4 Å². The minimum atomic E-state index is -1.38. The van der Waals surface area contributed by atoms with Crippen LogP contribution in [-0.2, 0) is 36.8 Å². The molecule has 0 aliphatic heterocycles. The van der Waals surface area contributed by atoms with Crippen LogP contribution in [-0.4, -0.2) is 75.4 Å². The first-order chi connectivity index (χ1) is 19.1. The Bertz CT molecular complexity index is 1110. The van der Waals surface area contributed by atoms with Gasteiger partial charge in [-0.05, 0) is 37.8 Å². The van der Waals surface area contributed by atoms with Gasteiger partial charge in [-0.2, -0.15) is 0 Å². The van der Waals surface area contributed by atoms with E-state index >= 15 is 0 Å². The Morgan fingerprint density at radius 2 is 1.52 bits per heavy atom. The summed E-state index contributed by atoms with van der Waals surface area (Å²) in [5.74, 6) is -4.03. The van der Waals surface area contributed by atoms with Crippen LogP contribution < -0.4 is 33.2 Å². The summed E-state index contributed by atoms with van der Waals surface area (Å²) in [6.45, 7) is 0.361. The summed E-state index contributed by atoms with van der Waals surface area (Å²) in [5.41, 5.74) is 18.1. The molecule has 40 heavy (non-hydrogen) atoms. The fourth-order valence-corrected chi connectivity index (χ4v) is 3.91. The number of nitrogens with one attached hydrogen (secondary N) is 4. The van der Waals surface area contributed by atoms with Crippen LogP contribution in [0.2, 0.25) is 0 Å². The van der Waals surface area contributed by atoms with Gasteiger partial charge in [-0.3, -0.25) is 19.2 Å². The SMILES string of the molecule is NCCCCC(NC(=O)C(Cc1ccccc1)NC(=O)C(N)Cc1cnc[nH]1)C(=O)NC(CCC(N)=O)C(=O)O. The molecule has 11 N–H and O–H groups in total. The van der Waals surface area contributed by atoms with Crippen molar-refractivity contribution in [1.29, 1.82) is 0 Å². The largest absolute Gasteiger partial charge is 0.480 e. The van der Waals surface area contributed by atoms with Crippen molar-refractivity contribution in [3.8, 4) is 0 Å². The number of nitrogens with zero attached hydrogens (tertiary/aromatic N) is 1. The highest BCUT2D eigenvalue weighted by molar-refractivity contribution is 5.94. The Kier molecular flexibility index (Phi) is 13.3. The summed E-state index contributed by atoms with van der Waals surface area (Å²) < 4.78 is 0. The molecular formula is C26H38N8O6. The van der Waals surface area contributed by atoms with E-state index in [9.17, 15) is 29.1 Å². The number of primary amides is 1. The number of H-pyrrole nitrogens is 1. The summed E-state index contributed by atoms with van der Waals surface area (Å²) in [6.07, 6.45) is 4.04. The van der Waals surface area contributed by atoms with Crippen LogP contribution in [0.5, 0.6) is 0 Å². The molecule has 2 rings (SSSR count). The monoisotopic (exact) mass is 558 g/mol. The second-order valence-corrected chi connectivity index (χ2v) is 9.39. The normalized spacial score (nSPS) is 13.8. The molecule has 14 nitrogen and oxygen atoms in total. The van der Waals surface area contributed by atoms with Gasteiger partial charge in [0.15, 0.2) is 0 Å². The van der Waals surface area contributed by atoms with Gasteiger partial charge < -0.3 is 43.2 Å². The lowest BCUT2D eigenvalue weighted by atomic mass is 10.0. The van der Waals surface area contributed by atoms with E-state index in [1.807, 2.05) is 6.07 Å². The molecule has 1 heterocycles. The number of hydrogen-bond donors (Lipinski definition) is 8. The third-order valence-corrected chi connectivity index (χ3v) is 6.12. The zero-order chi connectivity index (χ0) is 29.5. The highest BCUT2D eigenvalue weighted by Gasteiger charge is 2.30. The Labute approximate surface area is 231 Å². The molecule has 2 aromatic rings. The van der Waals surface area contributed by atoms with E-state index in [-0.39, 0.29) is 32.1 Å². The number of unbranched alkanes of at least 4 members (excludes halogenated alkanes) is 1. The topological polar surface area (TPSA) is 248 Å². The second-order valence-electron chi connectivity index (χ2n) is 9.39. The lowest BCUT2D eigenvalue weighted by molar-refractivity contribution is -0.142. The Morgan fingerprint density at radius 1 is 0.875 bits per heavy atom. The van der Waals surface area contributed by atoms with Gasteiger partial charge in [0.05, 0.1) is 12.4 Å². The first kappa shape index (κ1) is 31.9. The molecule has 0 aliphatic carbocycles. The Balaban J connectivity index is 2.19. The molecule has 0 fully saturated rings.